The molecule has 5 rings (SSSR count). The molecule has 2 aromatic heterocycles. The van der Waals surface area contributed by atoms with Gasteiger partial charge in [0.05, 0.1) is 5.69 Å². The molecule has 0 saturated carbocycles. The zero-order valence-electron chi connectivity index (χ0n) is 18.3. The first-order chi connectivity index (χ1) is 16.6. The van der Waals surface area contributed by atoms with Crippen LogP contribution in [0.1, 0.15) is 33.0 Å². The molecule has 0 bridgehead atoms. The summed E-state index contributed by atoms with van der Waals surface area (Å²) >= 11 is 0. The molecule has 34 heavy (non-hydrogen) atoms. The van der Waals surface area contributed by atoms with Gasteiger partial charge in [0, 0.05) is 18.2 Å². The van der Waals surface area contributed by atoms with Crippen molar-refractivity contribution in [1.29, 1.82) is 0 Å². The molecule has 168 valence electrons. The zero-order valence-corrected chi connectivity index (χ0v) is 18.3. The highest BCUT2D eigenvalue weighted by atomic mass is 16.5. The van der Waals surface area contributed by atoms with E-state index in [1.165, 1.54) is 11.6 Å². The molecule has 0 fully saturated rings. The summed E-state index contributed by atoms with van der Waals surface area (Å²) in [6, 6.07) is 27.4. The van der Waals surface area contributed by atoms with Gasteiger partial charge in [0.2, 0.25) is 0 Å². The van der Waals surface area contributed by atoms with Crippen LogP contribution in [-0.2, 0) is 19.3 Å². The summed E-state index contributed by atoms with van der Waals surface area (Å²) in [5.74, 6) is -0.805. The lowest BCUT2D eigenvalue weighted by atomic mass is 10.0. The third kappa shape index (κ3) is 4.94. The third-order valence-corrected chi connectivity index (χ3v) is 5.59. The van der Waals surface area contributed by atoms with Crippen LogP contribution < -0.4 is 10.3 Å². The lowest BCUT2D eigenvalue weighted by molar-refractivity contribution is 0.0725. The van der Waals surface area contributed by atoms with Crippen LogP contribution in [0.25, 0.3) is 10.8 Å². The number of nitrogens with zero attached hydrogens (tertiary/aromatic N) is 2. The molecule has 2 heterocycles. The molecule has 0 aliphatic rings. The maximum atomic E-state index is 12.6. The molecule has 0 spiro atoms. The van der Waals surface area contributed by atoms with Crippen molar-refractivity contribution in [2.45, 2.75) is 19.3 Å². The number of fused-ring (bicyclic) bond motifs is 1. The van der Waals surface area contributed by atoms with Crippen LogP contribution >= 0.6 is 0 Å². The Kier molecular flexibility index (Phi) is 5.99. The molecule has 0 atom stereocenters. The number of hydrogen-bond donors (Lipinski definition) is 2. The Morgan fingerprint density at radius 2 is 1.56 bits per heavy atom. The summed E-state index contributed by atoms with van der Waals surface area (Å²) in [4.78, 5) is 24.8. The maximum Gasteiger partial charge on any atom is 0.364 e. The average molecular weight is 450 g/mol. The number of hydrogen-bond acceptors (Lipinski definition) is 5. The van der Waals surface area contributed by atoms with E-state index in [0.717, 1.165) is 28.5 Å². The van der Waals surface area contributed by atoms with Gasteiger partial charge in [-0.3, -0.25) is 9.89 Å². The van der Waals surface area contributed by atoms with E-state index in [4.69, 9.17) is 4.74 Å². The van der Waals surface area contributed by atoms with Gasteiger partial charge in [-0.05, 0) is 40.8 Å². The lowest BCUT2D eigenvalue weighted by Gasteiger charge is -2.06. The van der Waals surface area contributed by atoms with E-state index in [2.05, 4.69) is 44.7 Å². The quantitative estimate of drug-likeness (QED) is 0.361. The van der Waals surface area contributed by atoms with Gasteiger partial charge >= 0.3 is 11.5 Å². The van der Waals surface area contributed by atoms with Crippen molar-refractivity contribution >= 4 is 16.7 Å². The number of ether oxygens (including phenoxy) is 1. The molecule has 0 saturated heterocycles. The monoisotopic (exact) mass is 450 g/mol. The Balaban J connectivity index is 1.27. The van der Waals surface area contributed by atoms with Gasteiger partial charge in [-0.2, -0.15) is 10.2 Å². The number of aryl methyl sites for hydroxylation is 2. The van der Waals surface area contributed by atoms with Crippen LogP contribution in [-0.4, -0.2) is 26.4 Å². The molecule has 0 aliphatic carbocycles. The summed E-state index contributed by atoms with van der Waals surface area (Å²) in [6.45, 7) is 0. The van der Waals surface area contributed by atoms with Crippen molar-refractivity contribution in [2.24, 2.45) is 0 Å². The van der Waals surface area contributed by atoms with Crippen LogP contribution in [0.15, 0.2) is 89.7 Å². The van der Waals surface area contributed by atoms with Gasteiger partial charge in [-0.25, -0.2) is 9.89 Å². The minimum Gasteiger partial charge on any atom is -0.416 e. The summed E-state index contributed by atoms with van der Waals surface area (Å²) in [5.41, 5.74) is 3.18. The Hall–Kier alpha value is -4.52. The summed E-state index contributed by atoms with van der Waals surface area (Å²) in [6.07, 6.45) is 2.01. The van der Waals surface area contributed by atoms with Crippen molar-refractivity contribution in [3.05, 3.63) is 123 Å². The fraction of sp³-hybridized carbons (Fsp3) is 0.111. The van der Waals surface area contributed by atoms with Crippen LogP contribution in [0.4, 0.5) is 0 Å². The number of esters is 1. The molecule has 0 aliphatic heterocycles. The molecule has 0 amide bonds. The van der Waals surface area contributed by atoms with E-state index in [-0.39, 0.29) is 11.4 Å². The number of rotatable bonds is 7. The standard InChI is InChI=1S/C27H22N4O3/c32-26-25(17-23(29-31-26)15-19-10-12-20-8-4-5-9-21(20)14-19)34-27(33)24-16-22(28-30-24)13-11-18-6-2-1-3-7-18/h1-10,12,14,16-17H,11,13,15H2,(H,28,30)(H,31,32). The minimum absolute atomic E-state index is 0.107. The largest absolute Gasteiger partial charge is 0.416 e. The molecule has 3 aromatic carbocycles. The van der Waals surface area contributed by atoms with E-state index in [1.807, 2.05) is 48.5 Å². The van der Waals surface area contributed by atoms with Crippen molar-refractivity contribution in [3.63, 3.8) is 0 Å². The molecule has 0 unspecified atom stereocenters. The number of carbonyl (C=O) groups excluding carboxylic acids is 1. The second-order valence-electron chi connectivity index (χ2n) is 8.06. The predicted octanol–water partition coefficient (Wildman–Crippen LogP) is 4.24. The first-order valence-corrected chi connectivity index (χ1v) is 11.0. The van der Waals surface area contributed by atoms with Gasteiger partial charge < -0.3 is 4.74 Å². The normalized spacial score (nSPS) is 10.9. The smallest absolute Gasteiger partial charge is 0.364 e. The van der Waals surface area contributed by atoms with E-state index in [0.29, 0.717) is 18.5 Å². The van der Waals surface area contributed by atoms with Crippen LogP contribution in [0.2, 0.25) is 0 Å². The molecule has 0 radical (unpaired) electrons. The fourth-order valence-electron chi connectivity index (χ4n) is 3.82. The van der Waals surface area contributed by atoms with Gasteiger partial charge in [-0.15, -0.1) is 0 Å². The molecule has 2 N–H and O–H groups in total. The van der Waals surface area contributed by atoms with E-state index < -0.39 is 11.5 Å². The maximum absolute atomic E-state index is 12.6. The molecule has 5 aromatic rings. The second-order valence-corrected chi connectivity index (χ2v) is 8.06. The van der Waals surface area contributed by atoms with Crippen molar-refractivity contribution in [3.8, 4) is 5.75 Å². The molecule has 7 nitrogen and oxygen atoms in total. The third-order valence-electron chi connectivity index (χ3n) is 5.59. The van der Waals surface area contributed by atoms with Crippen LogP contribution in [0.5, 0.6) is 5.75 Å². The summed E-state index contributed by atoms with van der Waals surface area (Å²) < 4.78 is 5.35. The summed E-state index contributed by atoms with van der Waals surface area (Å²) in [5, 5.41) is 15.7. The van der Waals surface area contributed by atoms with E-state index in [9.17, 15) is 9.59 Å². The van der Waals surface area contributed by atoms with E-state index in [1.54, 1.807) is 6.07 Å². The fourth-order valence-corrected chi connectivity index (χ4v) is 3.82. The Morgan fingerprint density at radius 3 is 2.41 bits per heavy atom. The van der Waals surface area contributed by atoms with E-state index >= 15 is 0 Å². The highest BCUT2D eigenvalue weighted by Gasteiger charge is 2.16. The van der Waals surface area contributed by atoms with Gasteiger partial charge in [0.25, 0.3) is 0 Å². The molecule has 7 heteroatoms. The van der Waals surface area contributed by atoms with Crippen LogP contribution in [0, 0.1) is 0 Å². The number of aromatic amines is 2. The van der Waals surface area contributed by atoms with Crippen LogP contribution in [0.3, 0.4) is 0 Å². The average Bonchev–Trinajstić information content (AvgIpc) is 3.35. The van der Waals surface area contributed by atoms with Gasteiger partial charge in [0.15, 0.2) is 11.4 Å². The Morgan fingerprint density at radius 1 is 0.765 bits per heavy atom. The van der Waals surface area contributed by atoms with Gasteiger partial charge in [0.1, 0.15) is 0 Å². The van der Waals surface area contributed by atoms with Crippen molar-refractivity contribution in [2.75, 3.05) is 0 Å². The van der Waals surface area contributed by atoms with Crippen molar-refractivity contribution in [1.82, 2.24) is 20.4 Å². The summed E-state index contributed by atoms with van der Waals surface area (Å²) in [7, 11) is 0. The van der Waals surface area contributed by atoms with Gasteiger partial charge in [-0.1, -0.05) is 72.8 Å². The molecular weight excluding hydrogens is 428 g/mol. The second kappa shape index (κ2) is 9.54. The van der Waals surface area contributed by atoms with Crippen molar-refractivity contribution < 1.29 is 9.53 Å². The number of aromatic nitrogens is 4. The Labute approximate surface area is 195 Å². The number of carbonyl (C=O) groups is 1. The minimum atomic E-state index is -0.699. The number of benzene rings is 3. The highest BCUT2D eigenvalue weighted by molar-refractivity contribution is 5.89. The molecular formula is C27H22N4O3. The Bertz CT molecular complexity index is 1510. The first kappa shape index (κ1) is 21.3. The topological polar surface area (TPSA) is 101 Å². The first-order valence-electron chi connectivity index (χ1n) is 11.0. The highest BCUT2D eigenvalue weighted by Crippen LogP contribution is 2.18. The predicted molar refractivity (Wildman–Crippen MR) is 129 cm³/mol. The SMILES string of the molecule is O=C(Oc1cc(Cc2ccc3ccccc3c2)n[nH]c1=O)c1cc(CCc2ccccc2)[nH]n1. The lowest BCUT2D eigenvalue weighted by Crippen LogP contribution is -2.18. The number of nitrogens with one attached hydrogen (secondary N) is 2. The number of H-pyrrole nitrogens is 2. The zero-order chi connectivity index (χ0) is 23.3.